The molecule has 4 rings (SSSR count). The van der Waals surface area contributed by atoms with E-state index in [1.165, 1.54) is 0 Å². The molecule has 2 aliphatic heterocycles. The first-order chi connectivity index (χ1) is 18.9. The van der Waals surface area contributed by atoms with Crippen molar-refractivity contribution >= 4 is 29.5 Å². The Labute approximate surface area is 228 Å². The fourth-order valence-corrected chi connectivity index (χ4v) is 4.99. The number of anilines is 1. The lowest BCUT2D eigenvalue weighted by Gasteiger charge is -2.35. The molecular formula is C28H36N6O5. The number of rotatable bonds is 7. The van der Waals surface area contributed by atoms with Crippen molar-refractivity contribution in [2.45, 2.75) is 45.4 Å². The number of piperidine rings is 1. The Morgan fingerprint density at radius 1 is 0.949 bits per heavy atom. The molecule has 0 aliphatic carbocycles. The van der Waals surface area contributed by atoms with Gasteiger partial charge in [0.05, 0.1) is 29.7 Å². The second-order valence-electron chi connectivity index (χ2n) is 9.81. The average molecular weight is 537 g/mol. The number of carbonyl (C=O) groups excluding carboxylic acids is 4. The molecule has 2 aromatic heterocycles. The number of pyridine rings is 2. The average Bonchev–Trinajstić information content (AvgIpc) is 2.96. The second-order valence-corrected chi connectivity index (χ2v) is 9.81. The summed E-state index contributed by atoms with van der Waals surface area (Å²) >= 11 is 0. The topological polar surface area (TPSA) is 125 Å². The van der Waals surface area contributed by atoms with E-state index in [2.05, 4.69) is 10.3 Å². The van der Waals surface area contributed by atoms with Gasteiger partial charge in [0, 0.05) is 69.9 Å². The standard InChI is InChI=1S/C28H36N6O5/c1-3-39-28(38)34-17-15-33(16-18-34)27(37)23-7-6-20(2)30-26(23)21-10-13-32(14-11-21)25(36)9-8-24(35)31-22-5-4-12-29-19-22/h4-7,12,19,21H,3,8-11,13-18H2,1-2H3,(H,31,35). The summed E-state index contributed by atoms with van der Waals surface area (Å²) in [6.07, 6.45) is 4.48. The van der Waals surface area contributed by atoms with Crippen LogP contribution in [-0.4, -0.2) is 94.4 Å². The minimum absolute atomic E-state index is 0.0530. The van der Waals surface area contributed by atoms with Crippen molar-refractivity contribution in [3.8, 4) is 0 Å². The minimum atomic E-state index is -0.349. The van der Waals surface area contributed by atoms with Gasteiger partial charge in [0.1, 0.15) is 0 Å². The maximum absolute atomic E-state index is 13.5. The second kappa shape index (κ2) is 13.2. The first-order valence-corrected chi connectivity index (χ1v) is 13.5. The lowest BCUT2D eigenvalue weighted by Crippen LogP contribution is -2.51. The molecule has 0 unspecified atom stereocenters. The number of ether oxygens (including phenoxy) is 1. The number of hydrogen-bond acceptors (Lipinski definition) is 7. The molecule has 2 saturated heterocycles. The lowest BCUT2D eigenvalue weighted by atomic mass is 9.89. The van der Waals surface area contributed by atoms with Crippen molar-refractivity contribution < 1.29 is 23.9 Å². The van der Waals surface area contributed by atoms with E-state index in [9.17, 15) is 19.2 Å². The van der Waals surface area contributed by atoms with Crippen LogP contribution in [-0.2, 0) is 14.3 Å². The maximum atomic E-state index is 13.5. The highest BCUT2D eigenvalue weighted by Gasteiger charge is 2.31. The van der Waals surface area contributed by atoms with E-state index < -0.39 is 0 Å². The molecule has 0 bridgehead atoms. The zero-order chi connectivity index (χ0) is 27.8. The van der Waals surface area contributed by atoms with Gasteiger partial charge in [-0.2, -0.15) is 0 Å². The largest absolute Gasteiger partial charge is 0.450 e. The van der Waals surface area contributed by atoms with Crippen LogP contribution < -0.4 is 5.32 Å². The predicted molar refractivity (Wildman–Crippen MR) is 144 cm³/mol. The Morgan fingerprint density at radius 2 is 1.67 bits per heavy atom. The van der Waals surface area contributed by atoms with Crippen LogP contribution in [0.15, 0.2) is 36.7 Å². The molecule has 2 aliphatic rings. The maximum Gasteiger partial charge on any atom is 0.409 e. The Hall–Kier alpha value is -4.02. The third kappa shape index (κ3) is 7.30. The molecule has 208 valence electrons. The Balaban J connectivity index is 1.31. The summed E-state index contributed by atoms with van der Waals surface area (Å²) in [5.41, 5.74) is 2.80. The van der Waals surface area contributed by atoms with Crippen LogP contribution in [0, 0.1) is 6.92 Å². The number of likely N-dealkylation sites (tertiary alicyclic amines) is 1. The molecule has 0 atom stereocenters. The first kappa shape index (κ1) is 28.0. The fraction of sp³-hybridized carbons (Fsp3) is 0.500. The number of carbonyl (C=O) groups is 4. The quantitative estimate of drug-likeness (QED) is 0.577. The Kier molecular flexibility index (Phi) is 9.45. The minimum Gasteiger partial charge on any atom is -0.450 e. The van der Waals surface area contributed by atoms with Crippen molar-refractivity contribution in [1.82, 2.24) is 24.7 Å². The van der Waals surface area contributed by atoms with Crippen LogP contribution in [0.4, 0.5) is 10.5 Å². The van der Waals surface area contributed by atoms with Gasteiger partial charge in [-0.25, -0.2) is 4.79 Å². The molecule has 0 spiro atoms. The summed E-state index contributed by atoms with van der Waals surface area (Å²) in [5, 5.41) is 2.75. The van der Waals surface area contributed by atoms with Gasteiger partial charge in [0.25, 0.3) is 5.91 Å². The smallest absolute Gasteiger partial charge is 0.409 e. The number of amides is 4. The number of nitrogens with zero attached hydrogens (tertiary/aromatic N) is 5. The molecule has 4 amide bonds. The lowest BCUT2D eigenvalue weighted by molar-refractivity contribution is -0.133. The highest BCUT2D eigenvalue weighted by atomic mass is 16.6. The highest BCUT2D eigenvalue weighted by Crippen LogP contribution is 2.30. The first-order valence-electron chi connectivity index (χ1n) is 13.5. The van der Waals surface area contributed by atoms with Gasteiger partial charge in [-0.3, -0.25) is 24.4 Å². The number of aromatic nitrogens is 2. The summed E-state index contributed by atoms with van der Waals surface area (Å²) < 4.78 is 5.07. The molecule has 0 aromatic carbocycles. The van der Waals surface area contributed by atoms with E-state index in [0.29, 0.717) is 70.0 Å². The van der Waals surface area contributed by atoms with Gasteiger partial charge in [-0.15, -0.1) is 0 Å². The third-order valence-corrected chi connectivity index (χ3v) is 7.13. The normalized spacial score (nSPS) is 16.1. The molecule has 2 fully saturated rings. The van der Waals surface area contributed by atoms with Crippen LogP contribution in [0.5, 0.6) is 0 Å². The van der Waals surface area contributed by atoms with Crippen molar-refractivity contribution in [2.24, 2.45) is 0 Å². The summed E-state index contributed by atoms with van der Waals surface area (Å²) in [5.74, 6) is -0.300. The molecule has 0 radical (unpaired) electrons. The fourth-order valence-electron chi connectivity index (χ4n) is 4.99. The van der Waals surface area contributed by atoms with Gasteiger partial charge < -0.3 is 24.8 Å². The number of piperazine rings is 1. The van der Waals surface area contributed by atoms with Gasteiger partial charge in [-0.1, -0.05) is 0 Å². The third-order valence-electron chi connectivity index (χ3n) is 7.13. The number of aryl methyl sites for hydroxylation is 1. The molecule has 1 N–H and O–H groups in total. The molecule has 4 heterocycles. The Bertz CT molecular complexity index is 1170. The van der Waals surface area contributed by atoms with Gasteiger partial charge in [0.2, 0.25) is 11.8 Å². The van der Waals surface area contributed by atoms with Crippen LogP contribution in [0.1, 0.15) is 60.3 Å². The van der Waals surface area contributed by atoms with Crippen molar-refractivity contribution in [3.05, 3.63) is 53.6 Å². The molecule has 11 heteroatoms. The number of nitrogens with one attached hydrogen (secondary N) is 1. The summed E-state index contributed by atoms with van der Waals surface area (Å²) in [6, 6.07) is 7.18. The molecule has 2 aromatic rings. The molecule has 11 nitrogen and oxygen atoms in total. The molecule has 0 saturated carbocycles. The van der Waals surface area contributed by atoms with Crippen molar-refractivity contribution in [3.63, 3.8) is 0 Å². The predicted octanol–water partition coefficient (Wildman–Crippen LogP) is 2.82. The van der Waals surface area contributed by atoms with Crippen molar-refractivity contribution in [2.75, 3.05) is 51.2 Å². The van der Waals surface area contributed by atoms with E-state index in [1.54, 1.807) is 46.1 Å². The van der Waals surface area contributed by atoms with Crippen LogP contribution in [0.25, 0.3) is 0 Å². The van der Waals surface area contributed by atoms with Crippen molar-refractivity contribution in [1.29, 1.82) is 0 Å². The molecule has 39 heavy (non-hydrogen) atoms. The van der Waals surface area contributed by atoms with Gasteiger partial charge >= 0.3 is 6.09 Å². The van der Waals surface area contributed by atoms with Crippen LogP contribution >= 0.6 is 0 Å². The zero-order valence-corrected chi connectivity index (χ0v) is 22.6. The summed E-state index contributed by atoms with van der Waals surface area (Å²) in [4.78, 5) is 64.4. The van der Waals surface area contributed by atoms with E-state index >= 15 is 0 Å². The van der Waals surface area contributed by atoms with Gasteiger partial charge in [0.15, 0.2) is 0 Å². The monoisotopic (exact) mass is 536 g/mol. The SMILES string of the molecule is CCOC(=O)N1CCN(C(=O)c2ccc(C)nc2C2CCN(C(=O)CCC(=O)Nc3cccnc3)CC2)CC1. The van der Waals surface area contributed by atoms with E-state index in [1.807, 2.05) is 19.1 Å². The summed E-state index contributed by atoms with van der Waals surface area (Å²) in [7, 11) is 0. The van der Waals surface area contributed by atoms with Crippen LogP contribution in [0.2, 0.25) is 0 Å². The zero-order valence-electron chi connectivity index (χ0n) is 22.6. The number of hydrogen-bond donors (Lipinski definition) is 1. The highest BCUT2D eigenvalue weighted by molar-refractivity contribution is 5.96. The van der Waals surface area contributed by atoms with E-state index in [0.717, 1.165) is 11.4 Å². The Morgan fingerprint density at radius 3 is 2.33 bits per heavy atom. The molecular weight excluding hydrogens is 500 g/mol. The van der Waals surface area contributed by atoms with Gasteiger partial charge in [-0.05, 0) is 51.0 Å². The summed E-state index contributed by atoms with van der Waals surface area (Å²) in [6.45, 7) is 6.84. The van der Waals surface area contributed by atoms with E-state index in [-0.39, 0.29) is 42.6 Å². The van der Waals surface area contributed by atoms with E-state index in [4.69, 9.17) is 9.72 Å². The van der Waals surface area contributed by atoms with Crippen LogP contribution in [0.3, 0.4) is 0 Å².